The van der Waals surface area contributed by atoms with Crippen molar-refractivity contribution in [3.8, 4) is 0 Å². The standard InChI is InChI=1S/C23H28N2/c1-5-22(23-7-6-15-25-19(23)4)14-16-24-17-21-12-10-20(11-13-21)9-8-18(2)3/h5-13,15,24H,2,14,16-17H2,1,3-4H3/b9-8+,22-5-. The van der Waals surface area contributed by atoms with E-state index in [0.717, 1.165) is 30.8 Å². The van der Waals surface area contributed by atoms with Crippen LogP contribution in [0.25, 0.3) is 11.6 Å². The second-order valence-corrected chi connectivity index (χ2v) is 6.30. The number of nitrogens with one attached hydrogen (secondary N) is 1. The van der Waals surface area contributed by atoms with Crippen LogP contribution in [0.4, 0.5) is 0 Å². The molecule has 0 bridgehead atoms. The first kappa shape index (κ1) is 18.9. The van der Waals surface area contributed by atoms with E-state index in [4.69, 9.17) is 0 Å². The maximum Gasteiger partial charge on any atom is 0.0447 e. The highest BCUT2D eigenvalue weighted by Gasteiger charge is 2.04. The highest BCUT2D eigenvalue weighted by atomic mass is 14.8. The van der Waals surface area contributed by atoms with Gasteiger partial charge >= 0.3 is 0 Å². The van der Waals surface area contributed by atoms with Crippen molar-refractivity contribution in [1.29, 1.82) is 0 Å². The van der Waals surface area contributed by atoms with E-state index < -0.39 is 0 Å². The number of nitrogens with zero attached hydrogens (tertiary/aromatic N) is 1. The molecule has 2 rings (SSSR count). The molecule has 0 saturated carbocycles. The fourth-order valence-corrected chi connectivity index (χ4v) is 2.70. The average molecular weight is 332 g/mol. The van der Waals surface area contributed by atoms with Crippen LogP contribution in [-0.2, 0) is 6.54 Å². The fourth-order valence-electron chi connectivity index (χ4n) is 2.70. The van der Waals surface area contributed by atoms with E-state index in [1.165, 1.54) is 22.3 Å². The Kier molecular flexibility index (Phi) is 7.36. The topological polar surface area (TPSA) is 24.9 Å². The smallest absolute Gasteiger partial charge is 0.0447 e. The van der Waals surface area contributed by atoms with E-state index in [9.17, 15) is 0 Å². The first-order chi connectivity index (χ1) is 12.1. The minimum atomic E-state index is 0.882. The van der Waals surface area contributed by atoms with Crippen LogP contribution in [0.15, 0.2) is 66.9 Å². The molecule has 130 valence electrons. The predicted octanol–water partition coefficient (Wildman–Crippen LogP) is 5.56. The van der Waals surface area contributed by atoms with Gasteiger partial charge in [-0.25, -0.2) is 0 Å². The summed E-state index contributed by atoms with van der Waals surface area (Å²) in [5.41, 5.74) is 7.25. The number of allylic oxidation sites excluding steroid dienone is 3. The summed E-state index contributed by atoms with van der Waals surface area (Å²) in [5.74, 6) is 0. The van der Waals surface area contributed by atoms with Crippen LogP contribution in [0.1, 0.15) is 42.7 Å². The second kappa shape index (κ2) is 9.75. The molecule has 1 heterocycles. The molecule has 1 aromatic carbocycles. The van der Waals surface area contributed by atoms with E-state index in [-0.39, 0.29) is 0 Å². The number of pyridine rings is 1. The Morgan fingerprint density at radius 1 is 1.20 bits per heavy atom. The lowest BCUT2D eigenvalue weighted by atomic mass is 10.0. The van der Waals surface area contributed by atoms with Gasteiger partial charge < -0.3 is 5.32 Å². The summed E-state index contributed by atoms with van der Waals surface area (Å²) >= 11 is 0. The lowest BCUT2D eigenvalue weighted by Gasteiger charge is -2.11. The van der Waals surface area contributed by atoms with Crippen molar-refractivity contribution in [2.24, 2.45) is 0 Å². The third kappa shape index (κ3) is 6.17. The highest BCUT2D eigenvalue weighted by Crippen LogP contribution is 2.19. The van der Waals surface area contributed by atoms with E-state index >= 15 is 0 Å². The van der Waals surface area contributed by atoms with E-state index in [0.29, 0.717) is 0 Å². The number of benzene rings is 1. The summed E-state index contributed by atoms with van der Waals surface area (Å²) in [7, 11) is 0. The molecule has 0 aliphatic heterocycles. The molecule has 2 aromatic rings. The molecular formula is C23H28N2. The summed E-state index contributed by atoms with van der Waals surface area (Å²) in [6, 6.07) is 12.8. The lowest BCUT2D eigenvalue weighted by Crippen LogP contribution is -2.15. The monoisotopic (exact) mass is 332 g/mol. The average Bonchev–Trinajstić information content (AvgIpc) is 2.62. The minimum absolute atomic E-state index is 0.882. The van der Waals surface area contributed by atoms with Crippen LogP contribution < -0.4 is 5.32 Å². The third-order valence-electron chi connectivity index (χ3n) is 4.14. The first-order valence-electron chi connectivity index (χ1n) is 8.80. The molecule has 0 amide bonds. The Morgan fingerprint density at radius 2 is 1.96 bits per heavy atom. The summed E-state index contributed by atoms with van der Waals surface area (Å²) < 4.78 is 0. The van der Waals surface area contributed by atoms with Crippen molar-refractivity contribution < 1.29 is 0 Å². The molecular weight excluding hydrogens is 304 g/mol. The summed E-state index contributed by atoms with van der Waals surface area (Å²) in [6.45, 7) is 11.9. The summed E-state index contributed by atoms with van der Waals surface area (Å²) in [6.07, 6.45) is 9.16. The van der Waals surface area contributed by atoms with Crippen molar-refractivity contribution in [3.63, 3.8) is 0 Å². The van der Waals surface area contributed by atoms with Crippen molar-refractivity contribution >= 4 is 11.6 Å². The van der Waals surface area contributed by atoms with Gasteiger partial charge in [-0.3, -0.25) is 4.98 Å². The molecule has 0 unspecified atom stereocenters. The van der Waals surface area contributed by atoms with Crippen LogP contribution in [-0.4, -0.2) is 11.5 Å². The normalized spacial score (nSPS) is 11.9. The van der Waals surface area contributed by atoms with Gasteiger partial charge in [-0.05, 0) is 62.1 Å². The van der Waals surface area contributed by atoms with Crippen LogP contribution in [0.2, 0.25) is 0 Å². The molecule has 0 aliphatic carbocycles. The Morgan fingerprint density at radius 3 is 2.60 bits per heavy atom. The summed E-state index contributed by atoms with van der Waals surface area (Å²) in [4.78, 5) is 4.39. The van der Waals surface area contributed by atoms with E-state index in [1.807, 2.05) is 25.3 Å². The van der Waals surface area contributed by atoms with Crippen LogP contribution in [0.5, 0.6) is 0 Å². The van der Waals surface area contributed by atoms with Gasteiger partial charge in [0.1, 0.15) is 0 Å². The van der Waals surface area contributed by atoms with Gasteiger partial charge in [0.15, 0.2) is 0 Å². The predicted molar refractivity (Wildman–Crippen MR) is 109 cm³/mol. The van der Waals surface area contributed by atoms with Crippen LogP contribution >= 0.6 is 0 Å². The molecule has 0 fully saturated rings. The van der Waals surface area contributed by atoms with Crippen molar-refractivity contribution in [1.82, 2.24) is 10.3 Å². The van der Waals surface area contributed by atoms with Crippen molar-refractivity contribution in [2.75, 3.05) is 6.54 Å². The van der Waals surface area contributed by atoms with E-state index in [2.05, 4.69) is 73.2 Å². The minimum Gasteiger partial charge on any atom is -0.312 e. The van der Waals surface area contributed by atoms with Crippen LogP contribution in [0.3, 0.4) is 0 Å². The Bertz CT molecular complexity index is 752. The lowest BCUT2D eigenvalue weighted by molar-refractivity contribution is 0.699. The van der Waals surface area contributed by atoms with Gasteiger partial charge in [-0.15, -0.1) is 0 Å². The largest absolute Gasteiger partial charge is 0.312 e. The number of aryl methyl sites for hydroxylation is 1. The Labute approximate surface area is 152 Å². The van der Waals surface area contributed by atoms with E-state index in [1.54, 1.807) is 0 Å². The van der Waals surface area contributed by atoms with Gasteiger partial charge in [0.05, 0.1) is 0 Å². The number of rotatable bonds is 8. The molecule has 0 radical (unpaired) electrons. The molecule has 0 atom stereocenters. The molecule has 25 heavy (non-hydrogen) atoms. The number of aromatic nitrogens is 1. The van der Waals surface area contributed by atoms with Gasteiger partial charge in [0.25, 0.3) is 0 Å². The molecule has 2 nitrogen and oxygen atoms in total. The first-order valence-corrected chi connectivity index (χ1v) is 8.80. The molecule has 1 N–H and O–H groups in total. The van der Waals surface area contributed by atoms with Gasteiger partial charge in [-0.2, -0.15) is 0 Å². The van der Waals surface area contributed by atoms with Crippen molar-refractivity contribution in [2.45, 2.75) is 33.7 Å². The highest BCUT2D eigenvalue weighted by molar-refractivity contribution is 5.66. The fraction of sp³-hybridized carbons (Fsp3) is 0.261. The third-order valence-corrected chi connectivity index (χ3v) is 4.14. The van der Waals surface area contributed by atoms with Crippen molar-refractivity contribution in [3.05, 3.63) is 89.3 Å². The Balaban J connectivity index is 1.82. The molecule has 0 spiro atoms. The van der Waals surface area contributed by atoms with Gasteiger partial charge in [0.2, 0.25) is 0 Å². The second-order valence-electron chi connectivity index (χ2n) is 6.30. The zero-order valence-electron chi connectivity index (χ0n) is 15.5. The van der Waals surface area contributed by atoms with Gasteiger partial charge in [-0.1, -0.05) is 60.7 Å². The SMILES string of the molecule is C=C(C)/C=C/c1ccc(CNCC/C(=C/C)c2cccnc2C)cc1. The zero-order valence-corrected chi connectivity index (χ0v) is 15.5. The van der Waals surface area contributed by atoms with Gasteiger partial charge in [0, 0.05) is 18.4 Å². The maximum atomic E-state index is 4.39. The quantitative estimate of drug-likeness (QED) is 0.505. The van der Waals surface area contributed by atoms with Crippen LogP contribution in [0, 0.1) is 6.92 Å². The maximum absolute atomic E-state index is 4.39. The molecule has 0 saturated heterocycles. The zero-order chi connectivity index (χ0) is 18.1. The Hall–Kier alpha value is -2.45. The molecule has 0 aliphatic rings. The number of hydrogen-bond donors (Lipinski definition) is 1. The molecule has 2 heteroatoms. The number of hydrogen-bond acceptors (Lipinski definition) is 2. The summed E-state index contributed by atoms with van der Waals surface area (Å²) in [5, 5.41) is 3.53. The molecule has 1 aromatic heterocycles.